The third kappa shape index (κ3) is 19.6. The van der Waals surface area contributed by atoms with Crippen LogP contribution in [0, 0.1) is 5.92 Å². The van der Waals surface area contributed by atoms with E-state index in [-0.39, 0.29) is 12.1 Å². The van der Waals surface area contributed by atoms with Gasteiger partial charge in [0.15, 0.2) is 0 Å². The number of nitrogens with one attached hydrogen (secondary N) is 1. The Morgan fingerprint density at radius 2 is 2.00 bits per heavy atom. The number of ether oxygens (including phenoxy) is 4. The molecule has 0 aromatic rings. The van der Waals surface area contributed by atoms with Gasteiger partial charge in [-0.2, -0.15) is 0 Å². The van der Waals surface area contributed by atoms with Gasteiger partial charge in [0.25, 0.3) is 0 Å². The van der Waals surface area contributed by atoms with Crippen molar-refractivity contribution in [2.75, 3.05) is 39.8 Å². The standard InChI is InChI=1S/C15H25NO3S.C10H16O2.C2H6/c1-12(2)18-10-16-14(9-17)8-13-4-6-15(7-5-13)19-11-20-3;1-5-10(12-4)7-6-9(2)8-11-3;1-2/h4,6-7,9,12-14,16H,5,8,10-11H2,1-3H3;5-7H,1,8H2,2-4H3;1-2H3/b;9-6+,10-7+;/t13?,14-;;/m1../s1. The van der Waals surface area contributed by atoms with Crippen LogP contribution >= 0.6 is 11.8 Å². The molecule has 1 aliphatic rings. The number of methoxy groups -OCH3 is 2. The van der Waals surface area contributed by atoms with Crippen molar-refractivity contribution in [1.82, 2.24) is 5.32 Å². The van der Waals surface area contributed by atoms with Crippen molar-refractivity contribution in [1.29, 1.82) is 0 Å². The van der Waals surface area contributed by atoms with Gasteiger partial charge in [0.1, 0.15) is 23.7 Å². The van der Waals surface area contributed by atoms with Gasteiger partial charge >= 0.3 is 0 Å². The summed E-state index contributed by atoms with van der Waals surface area (Å²) >= 11 is 1.65. The maximum Gasteiger partial charge on any atom is 0.136 e. The molecule has 0 saturated carbocycles. The predicted octanol–water partition coefficient (Wildman–Crippen LogP) is 6.03. The second-order valence-electron chi connectivity index (χ2n) is 7.48. The van der Waals surface area contributed by atoms with Gasteiger partial charge in [-0.15, -0.1) is 11.8 Å². The Bertz CT molecular complexity index is 641. The highest BCUT2D eigenvalue weighted by molar-refractivity contribution is 7.98. The molecule has 0 fully saturated rings. The maximum atomic E-state index is 11.1. The maximum absolute atomic E-state index is 11.1. The van der Waals surface area contributed by atoms with Crippen LogP contribution < -0.4 is 5.32 Å². The predicted molar refractivity (Wildman–Crippen MR) is 146 cm³/mol. The van der Waals surface area contributed by atoms with E-state index in [0.29, 0.717) is 25.2 Å². The van der Waals surface area contributed by atoms with Crippen LogP contribution in [0.15, 0.2) is 60.1 Å². The van der Waals surface area contributed by atoms with Crippen LogP contribution in [0.1, 0.15) is 47.5 Å². The number of rotatable bonds is 15. The fourth-order valence-electron chi connectivity index (χ4n) is 2.61. The Morgan fingerprint density at radius 3 is 2.47 bits per heavy atom. The Kier molecular flexibility index (Phi) is 24.6. The van der Waals surface area contributed by atoms with Gasteiger partial charge in [0.2, 0.25) is 0 Å². The van der Waals surface area contributed by atoms with Crippen molar-refractivity contribution in [3.05, 3.63) is 60.1 Å². The second kappa shape index (κ2) is 24.3. The molecular formula is C27H47NO5S. The third-order valence-corrected chi connectivity index (χ3v) is 4.68. The van der Waals surface area contributed by atoms with E-state index in [1.807, 2.05) is 59.1 Å². The molecule has 6 nitrogen and oxygen atoms in total. The van der Waals surface area contributed by atoms with Crippen molar-refractivity contribution < 1.29 is 23.7 Å². The quantitative estimate of drug-likeness (QED) is 0.128. The minimum atomic E-state index is -0.162. The number of thioether (sulfide) groups is 1. The molecule has 0 aromatic heterocycles. The SMILES string of the molecule is C=C/C(=C\C=C(/C)COC)OC.CC.CSCOC1=CCC(C[C@H](C=O)NCOC(C)C)C=C1. The summed E-state index contributed by atoms with van der Waals surface area (Å²) < 4.78 is 20.9. The van der Waals surface area contributed by atoms with E-state index < -0.39 is 0 Å². The number of hydrogen-bond donors (Lipinski definition) is 1. The second-order valence-corrected chi connectivity index (χ2v) is 8.29. The largest absolute Gasteiger partial charge is 0.497 e. The van der Waals surface area contributed by atoms with E-state index in [1.54, 1.807) is 32.1 Å². The zero-order valence-electron chi connectivity index (χ0n) is 22.5. The van der Waals surface area contributed by atoms with Gasteiger partial charge in [0, 0.05) is 7.11 Å². The third-order valence-electron chi connectivity index (χ3n) is 4.32. The van der Waals surface area contributed by atoms with Gasteiger partial charge in [-0.25, -0.2) is 0 Å². The van der Waals surface area contributed by atoms with E-state index in [4.69, 9.17) is 18.9 Å². The summed E-state index contributed by atoms with van der Waals surface area (Å²) in [5, 5.41) is 3.11. The molecule has 0 radical (unpaired) electrons. The number of carbonyl (C=O) groups is 1. The summed E-state index contributed by atoms with van der Waals surface area (Å²) in [6, 6.07) is -0.162. The first kappa shape index (κ1) is 34.4. The zero-order valence-corrected chi connectivity index (χ0v) is 23.3. The van der Waals surface area contributed by atoms with Crippen LogP contribution in [0.5, 0.6) is 0 Å². The van der Waals surface area contributed by atoms with E-state index in [0.717, 1.165) is 36.2 Å². The minimum absolute atomic E-state index is 0.162. The van der Waals surface area contributed by atoms with Crippen molar-refractivity contribution in [3.63, 3.8) is 0 Å². The average Bonchev–Trinajstić information content (AvgIpc) is 2.85. The first-order valence-corrected chi connectivity index (χ1v) is 13.1. The van der Waals surface area contributed by atoms with Crippen molar-refractivity contribution in [3.8, 4) is 0 Å². The number of allylic oxidation sites excluding steroid dienone is 6. The molecule has 0 heterocycles. The Labute approximate surface area is 212 Å². The lowest BCUT2D eigenvalue weighted by Gasteiger charge is -2.20. The highest BCUT2D eigenvalue weighted by atomic mass is 32.2. The van der Waals surface area contributed by atoms with Crippen LogP contribution in [-0.2, 0) is 23.7 Å². The molecule has 0 bridgehead atoms. The lowest BCUT2D eigenvalue weighted by molar-refractivity contribution is -0.110. The summed E-state index contributed by atoms with van der Waals surface area (Å²) in [4.78, 5) is 11.1. The van der Waals surface area contributed by atoms with Crippen molar-refractivity contribution in [2.45, 2.75) is 59.6 Å². The van der Waals surface area contributed by atoms with Crippen LogP contribution in [-0.4, -0.2) is 58.2 Å². The molecule has 2 atom stereocenters. The van der Waals surface area contributed by atoms with E-state index >= 15 is 0 Å². The van der Waals surface area contributed by atoms with E-state index in [2.05, 4.69) is 24.0 Å². The zero-order chi connectivity index (χ0) is 26.2. The fraction of sp³-hybridized carbons (Fsp3) is 0.593. The molecule has 1 aliphatic carbocycles. The fourth-order valence-corrected chi connectivity index (χ4v) is 2.86. The van der Waals surface area contributed by atoms with Gasteiger partial charge in [0.05, 0.1) is 32.6 Å². The van der Waals surface area contributed by atoms with Crippen LogP contribution in [0.3, 0.4) is 0 Å². The summed E-state index contributed by atoms with van der Waals surface area (Å²) in [5.74, 6) is 2.73. The summed E-state index contributed by atoms with van der Waals surface area (Å²) in [7, 11) is 3.29. The highest BCUT2D eigenvalue weighted by Gasteiger charge is 2.15. The van der Waals surface area contributed by atoms with Gasteiger partial charge in [-0.3, -0.25) is 5.32 Å². The monoisotopic (exact) mass is 497 g/mol. The smallest absolute Gasteiger partial charge is 0.136 e. The summed E-state index contributed by atoms with van der Waals surface area (Å²) in [5.41, 5.74) is 1.15. The molecule has 34 heavy (non-hydrogen) atoms. The Hall–Kier alpha value is -1.80. The van der Waals surface area contributed by atoms with Crippen LogP contribution in [0.25, 0.3) is 0 Å². The van der Waals surface area contributed by atoms with Crippen LogP contribution in [0.2, 0.25) is 0 Å². The minimum Gasteiger partial charge on any atom is -0.497 e. The molecule has 196 valence electrons. The number of carbonyl (C=O) groups excluding carboxylic acids is 1. The first-order chi connectivity index (χ1) is 16.4. The molecule has 1 unspecified atom stereocenters. The molecule has 7 heteroatoms. The van der Waals surface area contributed by atoms with Crippen molar-refractivity contribution >= 4 is 18.0 Å². The summed E-state index contributed by atoms with van der Waals surface area (Å²) in [6.07, 6.45) is 16.5. The highest BCUT2D eigenvalue weighted by Crippen LogP contribution is 2.21. The molecule has 1 rings (SSSR count). The van der Waals surface area contributed by atoms with Gasteiger partial charge < -0.3 is 23.7 Å². The number of hydrogen-bond acceptors (Lipinski definition) is 7. The Morgan fingerprint density at radius 1 is 1.29 bits per heavy atom. The van der Waals surface area contributed by atoms with E-state index in [1.165, 1.54) is 0 Å². The van der Waals surface area contributed by atoms with Gasteiger partial charge in [-0.05, 0) is 75.7 Å². The van der Waals surface area contributed by atoms with E-state index in [9.17, 15) is 4.79 Å². The molecule has 0 amide bonds. The molecular weight excluding hydrogens is 450 g/mol. The lowest BCUT2D eigenvalue weighted by Crippen LogP contribution is -2.35. The summed E-state index contributed by atoms with van der Waals surface area (Å²) in [6.45, 7) is 14.6. The lowest BCUT2D eigenvalue weighted by atomic mass is 9.93. The molecule has 0 saturated heterocycles. The van der Waals surface area contributed by atoms with Crippen LogP contribution in [0.4, 0.5) is 0 Å². The normalized spacial score (nSPS) is 16.4. The Balaban J connectivity index is 0. The molecule has 1 N–H and O–H groups in total. The molecule has 0 spiro atoms. The van der Waals surface area contributed by atoms with Gasteiger partial charge in [-0.1, -0.05) is 32.6 Å². The molecule has 0 aromatic carbocycles. The average molecular weight is 498 g/mol. The van der Waals surface area contributed by atoms with Crippen molar-refractivity contribution in [2.24, 2.45) is 5.92 Å². The molecule has 0 aliphatic heterocycles. The first-order valence-electron chi connectivity index (χ1n) is 11.7. The topological polar surface area (TPSA) is 66.0 Å². The number of aldehydes is 1.